The number of aliphatic hydroxyl groups excluding tert-OH is 1. The van der Waals surface area contributed by atoms with Crippen LogP contribution in [0.3, 0.4) is 0 Å². The predicted octanol–water partition coefficient (Wildman–Crippen LogP) is 2.14. The summed E-state index contributed by atoms with van der Waals surface area (Å²) in [5.74, 6) is 0.726. The Morgan fingerprint density at radius 2 is 2.12 bits per heavy atom. The van der Waals surface area contributed by atoms with Crippen molar-refractivity contribution in [2.24, 2.45) is 0 Å². The van der Waals surface area contributed by atoms with Crippen molar-refractivity contribution in [3.05, 3.63) is 40.0 Å². The number of rotatable bonds is 2. The molecule has 0 unspecified atom stereocenters. The number of halogens is 1. The summed E-state index contributed by atoms with van der Waals surface area (Å²) in [6.45, 7) is 3.88. The van der Waals surface area contributed by atoms with Crippen molar-refractivity contribution < 1.29 is 5.11 Å². The van der Waals surface area contributed by atoms with E-state index in [9.17, 15) is 5.11 Å². The first-order chi connectivity index (χ1) is 7.63. The number of hydrogen-bond acceptors (Lipinski definition) is 3. The Kier molecular flexibility index (Phi) is 3.07. The van der Waals surface area contributed by atoms with Gasteiger partial charge in [0.05, 0.1) is 12.3 Å². The molecule has 0 aliphatic heterocycles. The SMILES string of the molecule is Cc1ncn(-c2ncc(Br)cc2CO)c1C. The van der Waals surface area contributed by atoms with Gasteiger partial charge in [0.1, 0.15) is 12.1 Å². The van der Waals surface area contributed by atoms with Crippen LogP contribution in [0.1, 0.15) is 17.0 Å². The number of pyridine rings is 1. The molecule has 2 aromatic heterocycles. The van der Waals surface area contributed by atoms with Gasteiger partial charge in [-0.05, 0) is 35.8 Å². The molecular formula is C11H12BrN3O. The Hall–Kier alpha value is -1.20. The highest BCUT2D eigenvalue weighted by Gasteiger charge is 2.10. The highest BCUT2D eigenvalue weighted by Crippen LogP contribution is 2.19. The van der Waals surface area contributed by atoms with E-state index in [1.165, 1.54) is 0 Å². The van der Waals surface area contributed by atoms with Crippen LogP contribution in [-0.4, -0.2) is 19.6 Å². The molecule has 0 spiro atoms. The van der Waals surface area contributed by atoms with Gasteiger partial charge in [-0.15, -0.1) is 0 Å². The number of aromatic nitrogens is 3. The minimum atomic E-state index is -0.0432. The monoisotopic (exact) mass is 281 g/mol. The number of nitrogens with zero attached hydrogens (tertiary/aromatic N) is 3. The van der Waals surface area contributed by atoms with Gasteiger partial charge in [0.15, 0.2) is 0 Å². The van der Waals surface area contributed by atoms with E-state index in [2.05, 4.69) is 25.9 Å². The molecule has 5 heteroatoms. The van der Waals surface area contributed by atoms with Crippen LogP contribution in [0.25, 0.3) is 5.82 Å². The van der Waals surface area contributed by atoms with Crippen LogP contribution < -0.4 is 0 Å². The summed E-state index contributed by atoms with van der Waals surface area (Å²) in [5, 5.41) is 9.31. The zero-order chi connectivity index (χ0) is 11.7. The van der Waals surface area contributed by atoms with Crippen molar-refractivity contribution in [2.75, 3.05) is 0 Å². The van der Waals surface area contributed by atoms with Crippen LogP contribution in [0, 0.1) is 13.8 Å². The third kappa shape index (κ3) is 1.88. The molecular weight excluding hydrogens is 270 g/mol. The fourth-order valence-electron chi connectivity index (χ4n) is 1.52. The molecule has 4 nitrogen and oxygen atoms in total. The van der Waals surface area contributed by atoms with Crippen molar-refractivity contribution in [2.45, 2.75) is 20.5 Å². The van der Waals surface area contributed by atoms with Gasteiger partial charge < -0.3 is 5.11 Å². The molecule has 2 rings (SSSR count). The number of aliphatic hydroxyl groups is 1. The van der Waals surface area contributed by atoms with Crippen LogP contribution in [-0.2, 0) is 6.61 Å². The summed E-state index contributed by atoms with van der Waals surface area (Å²) < 4.78 is 2.74. The molecule has 0 atom stereocenters. The largest absolute Gasteiger partial charge is 0.392 e. The van der Waals surface area contributed by atoms with Crippen LogP contribution in [0.5, 0.6) is 0 Å². The van der Waals surface area contributed by atoms with E-state index in [1.54, 1.807) is 12.5 Å². The summed E-state index contributed by atoms with van der Waals surface area (Å²) >= 11 is 3.33. The van der Waals surface area contributed by atoms with Gasteiger partial charge in [-0.25, -0.2) is 9.97 Å². The summed E-state index contributed by atoms with van der Waals surface area (Å²) in [7, 11) is 0. The van der Waals surface area contributed by atoms with E-state index in [1.807, 2.05) is 24.5 Å². The molecule has 0 aliphatic rings. The fraction of sp³-hybridized carbons (Fsp3) is 0.273. The van der Waals surface area contributed by atoms with Gasteiger partial charge in [0, 0.05) is 21.9 Å². The maximum atomic E-state index is 9.31. The van der Waals surface area contributed by atoms with E-state index in [0.29, 0.717) is 0 Å². The lowest BCUT2D eigenvalue weighted by molar-refractivity contribution is 0.281. The van der Waals surface area contributed by atoms with E-state index >= 15 is 0 Å². The predicted molar refractivity (Wildman–Crippen MR) is 64.5 cm³/mol. The molecule has 0 aromatic carbocycles. The summed E-state index contributed by atoms with van der Waals surface area (Å²) in [6, 6.07) is 1.86. The molecule has 16 heavy (non-hydrogen) atoms. The molecule has 0 aliphatic carbocycles. The molecule has 2 heterocycles. The number of hydrogen-bond donors (Lipinski definition) is 1. The van der Waals surface area contributed by atoms with E-state index in [4.69, 9.17) is 0 Å². The molecule has 0 bridgehead atoms. The number of imidazole rings is 1. The van der Waals surface area contributed by atoms with E-state index < -0.39 is 0 Å². The summed E-state index contributed by atoms with van der Waals surface area (Å²) in [4.78, 5) is 8.53. The lowest BCUT2D eigenvalue weighted by Crippen LogP contribution is -2.03. The Labute approximate surface area is 102 Å². The van der Waals surface area contributed by atoms with Gasteiger partial charge in [0.25, 0.3) is 0 Å². The summed E-state index contributed by atoms with van der Waals surface area (Å²) in [6.07, 6.45) is 3.43. The lowest BCUT2D eigenvalue weighted by atomic mass is 10.2. The first-order valence-electron chi connectivity index (χ1n) is 4.89. The zero-order valence-electron chi connectivity index (χ0n) is 9.11. The fourth-order valence-corrected chi connectivity index (χ4v) is 1.90. The Balaban J connectivity index is 2.59. The van der Waals surface area contributed by atoms with Crippen LogP contribution in [0.2, 0.25) is 0 Å². The van der Waals surface area contributed by atoms with Gasteiger partial charge in [-0.3, -0.25) is 4.57 Å². The molecule has 0 fully saturated rings. The minimum absolute atomic E-state index is 0.0432. The van der Waals surface area contributed by atoms with E-state index in [-0.39, 0.29) is 6.61 Å². The first-order valence-corrected chi connectivity index (χ1v) is 5.69. The third-order valence-corrected chi connectivity index (χ3v) is 2.99. The smallest absolute Gasteiger partial charge is 0.143 e. The normalized spacial score (nSPS) is 10.8. The Morgan fingerprint density at radius 3 is 2.69 bits per heavy atom. The van der Waals surface area contributed by atoms with Crippen LogP contribution >= 0.6 is 15.9 Å². The van der Waals surface area contributed by atoms with Crippen LogP contribution in [0.15, 0.2) is 23.1 Å². The van der Waals surface area contributed by atoms with Crippen molar-refractivity contribution in [3.63, 3.8) is 0 Å². The third-order valence-electron chi connectivity index (χ3n) is 2.56. The maximum absolute atomic E-state index is 9.31. The second-order valence-electron chi connectivity index (χ2n) is 3.58. The minimum Gasteiger partial charge on any atom is -0.392 e. The Morgan fingerprint density at radius 1 is 1.38 bits per heavy atom. The van der Waals surface area contributed by atoms with E-state index in [0.717, 1.165) is 27.2 Å². The average Bonchev–Trinajstić information content (AvgIpc) is 2.60. The molecule has 0 amide bonds. The highest BCUT2D eigenvalue weighted by atomic mass is 79.9. The van der Waals surface area contributed by atoms with Crippen molar-refractivity contribution in [3.8, 4) is 5.82 Å². The average molecular weight is 282 g/mol. The zero-order valence-corrected chi connectivity index (χ0v) is 10.7. The van der Waals surface area contributed by atoms with Gasteiger partial charge in [-0.1, -0.05) is 0 Å². The van der Waals surface area contributed by atoms with Gasteiger partial charge in [-0.2, -0.15) is 0 Å². The first kappa shape index (κ1) is 11.3. The number of aryl methyl sites for hydroxylation is 1. The second-order valence-corrected chi connectivity index (χ2v) is 4.50. The standard InChI is InChI=1S/C11H12BrN3O/c1-7-8(2)15(6-14-7)11-9(5-16)3-10(12)4-13-11/h3-4,6,16H,5H2,1-2H3. The van der Waals surface area contributed by atoms with Crippen molar-refractivity contribution in [1.82, 2.24) is 14.5 Å². The second kappa shape index (κ2) is 4.35. The molecule has 0 saturated heterocycles. The molecule has 0 saturated carbocycles. The quantitative estimate of drug-likeness (QED) is 0.918. The molecule has 84 valence electrons. The summed E-state index contributed by atoms with van der Waals surface area (Å²) in [5.41, 5.74) is 2.77. The Bertz CT molecular complexity index is 522. The van der Waals surface area contributed by atoms with Gasteiger partial charge >= 0.3 is 0 Å². The highest BCUT2D eigenvalue weighted by molar-refractivity contribution is 9.10. The topological polar surface area (TPSA) is 50.9 Å². The molecule has 1 N–H and O–H groups in total. The van der Waals surface area contributed by atoms with Gasteiger partial charge in [0.2, 0.25) is 0 Å². The molecule has 2 aromatic rings. The maximum Gasteiger partial charge on any atom is 0.143 e. The van der Waals surface area contributed by atoms with Crippen LogP contribution in [0.4, 0.5) is 0 Å². The van der Waals surface area contributed by atoms with Crippen molar-refractivity contribution in [1.29, 1.82) is 0 Å². The molecule has 0 radical (unpaired) electrons. The lowest BCUT2D eigenvalue weighted by Gasteiger charge is -2.09. The van der Waals surface area contributed by atoms with Crippen molar-refractivity contribution >= 4 is 15.9 Å².